The zero-order valence-electron chi connectivity index (χ0n) is 12.4. The molecule has 0 bridgehead atoms. The van der Waals surface area contributed by atoms with Gasteiger partial charge >= 0.3 is 5.97 Å². The molecule has 0 spiro atoms. The van der Waals surface area contributed by atoms with Crippen molar-refractivity contribution in [2.24, 2.45) is 0 Å². The molecule has 2 aromatic rings. The van der Waals surface area contributed by atoms with E-state index in [4.69, 9.17) is 9.47 Å². The SMILES string of the molecule is COC(=O)[C@](C)(Cc1ccc(O)cc1)Oc1ccccc1F. The maximum Gasteiger partial charge on any atom is 0.350 e. The van der Waals surface area contributed by atoms with Gasteiger partial charge in [0.05, 0.1) is 7.11 Å². The van der Waals surface area contributed by atoms with E-state index >= 15 is 0 Å². The van der Waals surface area contributed by atoms with Crippen LogP contribution in [0.25, 0.3) is 0 Å². The van der Waals surface area contributed by atoms with Gasteiger partial charge in [0.15, 0.2) is 11.6 Å². The van der Waals surface area contributed by atoms with Crippen LogP contribution in [0, 0.1) is 5.82 Å². The molecule has 0 heterocycles. The zero-order valence-corrected chi connectivity index (χ0v) is 12.4. The van der Waals surface area contributed by atoms with Gasteiger partial charge in [-0.15, -0.1) is 0 Å². The third-order valence-electron chi connectivity index (χ3n) is 3.27. The molecule has 0 saturated heterocycles. The zero-order chi connectivity index (χ0) is 16.2. The second-order valence-electron chi connectivity index (χ2n) is 5.10. The average molecular weight is 304 g/mol. The molecule has 0 fully saturated rings. The molecule has 0 unspecified atom stereocenters. The van der Waals surface area contributed by atoms with E-state index < -0.39 is 17.4 Å². The summed E-state index contributed by atoms with van der Waals surface area (Å²) in [6.45, 7) is 1.54. The number of phenols is 1. The molecular formula is C17H17FO4. The molecule has 0 saturated carbocycles. The van der Waals surface area contributed by atoms with E-state index in [-0.39, 0.29) is 17.9 Å². The first kappa shape index (κ1) is 15.8. The van der Waals surface area contributed by atoms with Crippen molar-refractivity contribution >= 4 is 5.97 Å². The molecule has 0 radical (unpaired) electrons. The fourth-order valence-electron chi connectivity index (χ4n) is 2.14. The number of para-hydroxylation sites is 1. The number of esters is 1. The van der Waals surface area contributed by atoms with Gasteiger partial charge in [0, 0.05) is 6.42 Å². The van der Waals surface area contributed by atoms with Crippen LogP contribution in [-0.4, -0.2) is 23.8 Å². The largest absolute Gasteiger partial charge is 0.508 e. The predicted molar refractivity (Wildman–Crippen MR) is 79.3 cm³/mol. The number of ether oxygens (including phenoxy) is 2. The molecule has 0 aliphatic carbocycles. The Morgan fingerprint density at radius 2 is 1.82 bits per heavy atom. The lowest BCUT2D eigenvalue weighted by molar-refractivity contribution is -0.157. The van der Waals surface area contributed by atoms with Crippen LogP contribution in [0.4, 0.5) is 4.39 Å². The van der Waals surface area contributed by atoms with Crippen LogP contribution >= 0.6 is 0 Å². The van der Waals surface area contributed by atoms with Crippen molar-refractivity contribution in [1.82, 2.24) is 0 Å². The lowest BCUT2D eigenvalue weighted by Crippen LogP contribution is -2.44. The molecular weight excluding hydrogens is 287 g/mol. The van der Waals surface area contributed by atoms with Crippen LogP contribution in [0.1, 0.15) is 12.5 Å². The Hall–Kier alpha value is -2.56. The second kappa shape index (κ2) is 6.47. The summed E-state index contributed by atoms with van der Waals surface area (Å²) in [5.41, 5.74) is -0.629. The molecule has 116 valence electrons. The number of methoxy groups -OCH3 is 1. The van der Waals surface area contributed by atoms with Crippen molar-refractivity contribution in [2.45, 2.75) is 18.9 Å². The van der Waals surface area contributed by atoms with Crippen molar-refractivity contribution in [2.75, 3.05) is 7.11 Å². The fourth-order valence-corrected chi connectivity index (χ4v) is 2.14. The summed E-state index contributed by atoms with van der Waals surface area (Å²) in [4.78, 5) is 12.1. The van der Waals surface area contributed by atoms with E-state index in [2.05, 4.69) is 0 Å². The normalized spacial score (nSPS) is 13.2. The first-order valence-corrected chi connectivity index (χ1v) is 6.74. The Morgan fingerprint density at radius 3 is 2.41 bits per heavy atom. The molecule has 2 aromatic carbocycles. The highest BCUT2D eigenvalue weighted by Crippen LogP contribution is 2.26. The quantitative estimate of drug-likeness (QED) is 0.863. The molecule has 0 aliphatic heterocycles. The summed E-state index contributed by atoms with van der Waals surface area (Å²) in [7, 11) is 1.25. The molecule has 0 aromatic heterocycles. The van der Waals surface area contributed by atoms with Gasteiger partial charge in [-0.2, -0.15) is 0 Å². The molecule has 22 heavy (non-hydrogen) atoms. The Morgan fingerprint density at radius 1 is 1.18 bits per heavy atom. The highest BCUT2D eigenvalue weighted by atomic mass is 19.1. The highest BCUT2D eigenvalue weighted by Gasteiger charge is 2.38. The van der Waals surface area contributed by atoms with Gasteiger partial charge in [-0.1, -0.05) is 24.3 Å². The van der Waals surface area contributed by atoms with E-state index in [1.807, 2.05) is 0 Å². The molecule has 4 nitrogen and oxygen atoms in total. The number of benzene rings is 2. The van der Waals surface area contributed by atoms with Crippen molar-refractivity contribution < 1.29 is 23.8 Å². The molecule has 5 heteroatoms. The van der Waals surface area contributed by atoms with E-state index in [1.165, 1.54) is 44.4 Å². The van der Waals surface area contributed by atoms with Crippen LogP contribution < -0.4 is 4.74 Å². The van der Waals surface area contributed by atoms with E-state index in [1.54, 1.807) is 18.2 Å². The summed E-state index contributed by atoms with van der Waals surface area (Å²) < 4.78 is 24.2. The third-order valence-corrected chi connectivity index (χ3v) is 3.27. The minimum absolute atomic E-state index is 0.0193. The number of hydrogen-bond acceptors (Lipinski definition) is 4. The second-order valence-corrected chi connectivity index (χ2v) is 5.10. The molecule has 1 N–H and O–H groups in total. The third kappa shape index (κ3) is 3.55. The first-order valence-electron chi connectivity index (χ1n) is 6.74. The number of aromatic hydroxyl groups is 1. The van der Waals surface area contributed by atoms with Crippen LogP contribution in [0.15, 0.2) is 48.5 Å². The van der Waals surface area contributed by atoms with Crippen LogP contribution in [0.2, 0.25) is 0 Å². The van der Waals surface area contributed by atoms with Crippen LogP contribution in [-0.2, 0) is 16.0 Å². The maximum absolute atomic E-state index is 13.8. The van der Waals surface area contributed by atoms with Gasteiger partial charge in [0.2, 0.25) is 5.60 Å². The Balaban J connectivity index is 2.29. The lowest BCUT2D eigenvalue weighted by Gasteiger charge is -2.28. The van der Waals surface area contributed by atoms with E-state index in [9.17, 15) is 14.3 Å². The summed E-state index contributed by atoms with van der Waals surface area (Å²) in [6, 6.07) is 12.2. The lowest BCUT2D eigenvalue weighted by atomic mass is 9.96. The molecule has 0 aliphatic rings. The van der Waals surface area contributed by atoms with E-state index in [0.29, 0.717) is 0 Å². The number of rotatable bonds is 5. The number of carbonyl (C=O) groups excluding carboxylic acids is 1. The van der Waals surface area contributed by atoms with Gasteiger partial charge in [-0.05, 0) is 36.8 Å². The summed E-state index contributed by atoms with van der Waals surface area (Å²) in [6.07, 6.45) is 0.175. The summed E-state index contributed by atoms with van der Waals surface area (Å²) >= 11 is 0. The van der Waals surface area contributed by atoms with Crippen LogP contribution in [0.3, 0.4) is 0 Å². The van der Waals surface area contributed by atoms with Gasteiger partial charge in [0.25, 0.3) is 0 Å². The number of hydrogen-bond donors (Lipinski definition) is 1. The Labute approximate surface area is 128 Å². The topological polar surface area (TPSA) is 55.8 Å². The average Bonchev–Trinajstić information content (AvgIpc) is 2.51. The van der Waals surface area contributed by atoms with Gasteiger partial charge < -0.3 is 14.6 Å². The minimum Gasteiger partial charge on any atom is -0.508 e. The van der Waals surface area contributed by atoms with Gasteiger partial charge in [-0.3, -0.25) is 0 Å². The smallest absolute Gasteiger partial charge is 0.350 e. The molecule has 1 atom stereocenters. The Bertz CT molecular complexity index is 654. The van der Waals surface area contributed by atoms with Crippen molar-refractivity contribution in [3.63, 3.8) is 0 Å². The first-order chi connectivity index (χ1) is 10.4. The standard InChI is InChI=1S/C17H17FO4/c1-17(16(20)21-2,11-12-7-9-13(19)10-8-12)22-15-6-4-3-5-14(15)18/h3-10,19H,11H2,1-2H3/t17-/m0/s1. The fraction of sp³-hybridized carbons (Fsp3) is 0.235. The Kier molecular flexibility index (Phi) is 4.65. The summed E-state index contributed by atoms with van der Waals surface area (Å²) in [5.74, 6) is -1.06. The molecule has 2 rings (SSSR count). The predicted octanol–water partition coefficient (Wildman–Crippen LogP) is 3.08. The van der Waals surface area contributed by atoms with Crippen molar-refractivity contribution in [1.29, 1.82) is 0 Å². The van der Waals surface area contributed by atoms with Crippen molar-refractivity contribution in [3.8, 4) is 11.5 Å². The van der Waals surface area contributed by atoms with Crippen LogP contribution in [0.5, 0.6) is 11.5 Å². The number of phenolic OH excluding ortho intramolecular Hbond substituents is 1. The number of halogens is 1. The van der Waals surface area contributed by atoms with Gasteiger partial charge in [-0.25, -0.2) is 9.18 Å². The monoisotopic (exact) mass is 304 g/mol. The van der Waals surface area contributed by atoms with Gasteiger partial charge in [0.1, 0.15) is 5.75 Å². The maximum atomic E-state index is 13.8. The molecule has 0 amide bonds. The van der Waals surface area contributed by atoms with Crippen molar-refractivity contribution in [3.05, 3.63) is 59.9 Å². The van der Waals surface area contributed by atoms with E-state index in [0.717, 1.165) is 5.56 Å². The highest BCUT2D eigenvalue weighted by molar-refractivity contribution is 5.80. The number of carbonyl (C=O) groups is 1. The summed E-state index contributed by atoms with van der Waals surface area (Å²) in [5, 5.41) is 9.31. The minimum atomic E-state index is -1.38.